The highest BCUT2D eigenvalue weighted by molar-refractivity contribution is 6.30. The van der Waals surface area contributed by atoms with Crippen LogP contribution in [0, 0.1) is 0 Å². The predicted octanol–water partition coefficient (Wildman–Crippen LogP) is 6.01. The minimum absolute atomic E-state index is 0.00314. The number of rotatable bonds is 3. The smallest absolute Gasteiger partial charge is 0.264 e. The van der Waals surface area contributed by atoms with Gasteiger partial charge in [0, 0.05) is 55.8 Å². The van der Waals surface area contributed by atoms with E-state index in [1.54, 1.807) is 30.2 Å². The van der Waals surface area contributed by atoms with Crippen LogP contribution in [-0.4, -0.2) is 34.9 Å². The first-order valence-corrected chi connectivity index (χ1v) is 11.0. The van der Waals surface area contributed by atoms with E-state index in [-0.39, 0.29) is 5.56 Å². The van der Waals surface area contributed by atoms with Gasteiger partial charge in [-0.25, -0.2) is 13.8 Å². The quantitative estimate of drug-likeness (QED) is 0.453. The van der Waals surface area contributed by atoms with Gasteiger partial charge in [-0.2, -0.15) is 5.10 Å². The van der Waals surface area contributed by atoms with Gasteiger partial charge < -0.3 is 9.80 Å². The van der Waals surface area contributed by atoms with Gasteiger partial charge in [0.25, 0.3) is 6.43 Å². The lowest BCUT2D eigenvalue weighted by Gasteiger charge is -2.35. The normalized spacial score (nSPS) is 15.7. The minimum atomic E-state index is -2.60. The third kappa shape index (κ3) is 3.54. The van der Waals surface area contributed by atoms with Crippen LogP contribution in [0.5, 0.6) is 0 Å². The van der Waals surface area contributed by atoms with Gasteiger partial charge in [-0.05, 0) is 55.2 Å². The summed E-state index contributed by atoms with van der Waals surface area (Å²) in [6.45, 7) is 3.59. The molecular weight excluding hydrogens is 432 g/mol. The summed E-state index contributed by atoms with van der Waals surface area (Å²) >= 11 is 6.40. The first-order valence-electron chi connectivity index (χ1n) is 10.6. The van der Waals surface area contributed by atoms with E-state index < -0.39 is 6.43 Å². The van der Waals surface area contributed by atoms with E-state index in [0.717, 1.165) is 41.9 Å². The predicted molar refractivity (Wildman–Crippen MR) is 125 cm³/mol. The number of likely N-dealkylation sites (N-methyl/N-ethyl adjacent to an activating group) is 1. The Balaban J connectivity index is 1.69. The SMILES string of the molecule is CC1=Cc2c(cc(Cl)nc2N2CCCc3cc(-c4cnn(C)c4)c(C(F)F)cc32)N(C)C1. The van der Waals surface area contributed by atoms with Crippen LogP contribution < -0.4 is 9.80 Å². The van der Waals surface area contributed by atoms with Crippen LogP contribution in [0.2, 0.25) is 5.15 Å². The van der Waals surface area contributed by atoms with Gasteiger partial charge in [0.1, 0.15) is 11.0 Å². The maximum Gasteiger partial charge on any atom is 0.264 e. The first-order chi connectivity index (χ1) is 15.3. The van der Waals surface area contributed by atoms with Crippen LogP contribution in [-0.2, 0) is 13.5 Å². The molecule has 166 valence electrons. The highest BCUT2D eigenvalue weighted by Gasteiger charge is 2.28. The second kappa shape index (κ2) is 7.89. The van der Waals surface area contributed by atoms with Crippen molar-refractivity contribution in [2.75, 3.05) is 29.9 Å². The molecule has 0 radical (unpaired) electrons. The molecule has 0 fully saturated rings. The van der Waals surface area contributed by atoms with E-state index in [1.165, 1.54) is 5.57 Å². The highest BCUT2D eigenvalue weighted by Crippen LogP contribution is 2.44. The molecule has 32 heavy (non-hydrogen) atoms. The molecule has 3 aromatic rings. The van der Waals surface area contributed by atoms with Crippen LogP contribution >= 0.6 is 11.6 Å². The number of halogens is 3. The Morgan fingerprint density at radius 3 is 2.66 bits per heavy atom. The molecule has 0 saturated carbocycles. The summed E-state index contributed by atoms with van der Waals surface area (Å²) < 4.78 is 30.0. The monoisotopic (exact) mass is 455 g/mol. The molecule has 5 rings (SSSR count). The van der Waals surface area contributed by atoms with Crippen LogP contribution in [0.1, 0.15) is 36.5 Å². The summed E-state index contributed by atoms with van der Waals surface area (Å²) in [4.78, 5) is 8.84. The Kier molecular flexibility index (Phi) is 5.16. The Hall–Kier alpha value is -2.93. The Morgan fingerprint density at radius 2 is 1.94 bits per heavy atom. The average molecular weight is 456 g/mol. The van der Waals surface area contributed by atoms with E-state index in [9.17, 15) is 8.78 Å². The van der Waals surface area contributed by atoms with Crippen molar-refractivity contribution in [2.45, 2.75) is 26.2 Å². The van der Waals surface area contributed by atoms with Gasteiger partial charge >= 0.3 is 0 Å². The Bertz CT molecular complexity index is 1230. The molecule has 0 spiro atoms. The summed E-state index contributed by atoms with van der Waals surface area (Å²) in [5, 5.41) is 4.56. The minimum Gasteiger partial charge on any atom is -0.370 e. The molecule has 0 bridgehead atoms. The molecule has 0 atom stereocenters. The molecule has 2 aliphatic heterocycles. The number of hydrogen-bond acceptors (Lipinski definition) is 4. The third-order valence-corrected chi connectivity index (χ3v) is 6.34. The standard InChI is InChI=1S/C24H24ClF2N5/c1-14-7-19-21(30(2)12-14)10-22(25)29-24(19)32-6-4-5-15-8-17(16-11-28-31(3)13-16)18(23(26)27)9-20(15)32/h7-11,13,23H,4-6,12H2,1-3H3. The second-order valence-electron chi connectivity index (χ2n) is 8.57. The van der Waals surface area contributed by atoms with Gasteiger partial charge in [-0.3, -0.25) is 4.68 Å². The molecule has 0 aliphatic carbocycles. The van der Waals surface area contributed by atoms with Gasteiger partial charge in [0.2, 0.25) is 0 Å². The lowest BCUT2D eigenvalue weighted by molar-refractivity contribution is 0.152. The number of nitrogens with zero attached hydrogens (tertiary/aromatic N) is 5. The first kappa shape index (κ1) is 20.9. The van der Waals surface area contributed by atoms with Crippen LogP contribution in [0.25, 0.3) is 17.2 Å². The van der Waals surface area contributed by atoms with Gasteiger partial charge in [-0.15, -0.1) is 0 Å². The molecule has 0 N–H and O–H groups in total. The summed E-state index contributed by atoms with van der Waals surface area (Å²) in [6, 6.07) is 5.38. The molecule has 5 nitrogen and oxygen atoms in total. The summed E-state index contributed by atoms with van der Waals surface area (Å²) in [5.41, 5.74) is 6.22. The maximum absolute atomic E-state index is 14.2. The summed E-state index contributed by atoms with van der Waals surface area (Å²) in [5.74, 6) is 0.716. The number of aromatic nitrogens is 3. The number of fused-ring (bicyclic) bond motifs is 2. The highest BCUT2D eigenvalue weighted by atomic mass is 35.5. The van der Waals surface area contributed by atoms with Crippen molar-refractivity contribution in [1.29, 1.82) is 0 Å². The number of anilines is 3. The lowest BCUT2D eigenvalue weighted by Crippen LogP contribution is -2.29. The van der Waals surface area contributed by atoms with E-state index in [4.69, 9.17) is 11.6 Å². The average Bonchev–Trinajstić information content (AvgIpc) is 3.18. The van der Waals surface area contributed by atoms with Crippen LogP contribution in [0.15, 0.2) is 36.2 Å². The van der Waals surface area contributed by atoms with Gasteiger partial charge in [0.05, 0.1) is 11.9 Å². The van der Waals surface area contributed by atoms with Crippen molar-refractivity contribution in [3.05, 3.63) is 58.0 Å². The van der Waals surface area contributed by atoms with Crippen molar-refractivity contribution in [3.8, 4) is 11.1 Å². The number of alkyl halides is 2. The molecule has 2 aliphatic rings. The zero-order chi connectivity index (χ0) is 22.6. The van der Waals surface area contributed by atoms with Crippen molar-refractivity contribution in [1.82, 2.24) is 14.8 Å². The topological polar surface area (TPSA) is 37.2 Å². The summed E-state index contributed by atoms with van der Waals surface area (Å²) in [6.07, 6.45) is 4.64. The van der Waals surface area contributed by atoms with E-state index in [0.29, 0.717) is 28.6 Å². The zero-order valence-corrected chi connectivity index (χ0v) is 19.0. The van der Waals surface area contributed by atoms with Crippen molar-refractivity contribution >= 4 is 34.9 Å². The number of pyridine rings is 1. The van der Waals surface area contributed by atoms with Gasteiger partial charge in [-0.1, -0.05) is 17.2 Å². The molecule has 2 aromatic heterocycles. The van der Waals surface area contributed by atoms with E-state index in [1.807, 2.05) is 24.1 Å². The molecule has 0 amide bonds. The number of aryl methyl sites for hydroxylation is 2. The van der Waals surface area contributed by atoms with Crippen molar-refractivity contribution in [3.63, 3.8) is 0 Å². The van der Waals surface area contributed by atoms with Gasteiger partial charge in [0.15, 0.2) is 0 Å². The van der Waals surface area contributed by atoms with E-state index >= 15 is 0 Å². The molecular formula is C24H24ClF2N5. The molecule has 0 unspecified atom stereocenters. The van der Waals surface area contributed by atoms with Crippen LogP contribution in [0.3, 0.4) is 0 Å². The molecule has 8 heteroatoms. The lowest BCUT2D eigenvalue weighted by atomic mass is 9.92. The molecule has 0 saturated heterocycles. The second-order valence-corrected chi connectivity index (χ2v) is 8.96. The number of hydrogen-bond donors (Lipinski definition) is 0. The summed E-state index contributed by atoms with van der Waals surface area (Å²) in [7, 11) is 3.81. The fraction of sp³-hybridized carbons (Fsp3) is 0.333. The largest absolute Gasteiger partial charge is 0.370 e. The molecule has 1 aromatic carbocycles. The fourth-order valence-electron chi connectivity index (χ4n) is 4.77. The Morgan fingerprint density at radius 1 is 1.12 bits per heavy atom. The Labute approximate surface area is 190 Å². The number of benzene rings is 1. The third-order valence-electron chi connectivity index (χ3n) is 6.15. The molecule has 4 heterocycles. The fourth-order valence-corrected chi connectivity index (χ4v) is 4.95. The maximum atomic E-state index is 14.2. The van der Waals surface area contributed by atoms with Crippen LogP contribution in [0.4, 0.5) is 26.0 Å². The van der Waals surface area contributed by atoms with Crippen molar-refractivity contribution < 1.29 is 8.78 Å². The zero-order valence-electron chi connectivity index (χ0n) is 18.2. The van der Waals surface area contributed by atoms with E-state index in [2.05, 4.69) is 28.0 Å². The van der Waals surface area contributed by atoms with Crippen molar-refractivity contribution in [2.24, 2.45) is 7.05 Å².